The summed E-state index contributed by atoms with van der Waals surface area (Å²) in [5.74, 6) is 0. The van der Waals surface area contributed by atoms with E-state index in [9.17, 15) is 0 Å². The molecule has 1 nitrogen and oxygen atoms in total. The molecule has 0 saturated heterocycles. The molecule has 1 aromatic heterocycles. The molecule has 1 aromatic carbocycles. The lowest BCUT2D eigenvalue weighted by Crippen LogP contribution is -2.16. The molecule has 0 aliphatic carbocycles. The van der Waals surface area contributed by atoms with Crippen molar-refractivity contribution in [3.63, 3.8) is 0 Å². The molecule has 0 fully saturated rings. The summed E-state index contributed by atoms with van der Waals surface area (Å²) in [5.41, 5.74) is 2.78. The Balaban J connectivity index is 2.24. The standard InChI is InChI=1S/C17H23NS/c1-12-10-11-16(19-12)13(2)18-15-9-7-6-8-14(15)17(3,4)5/h6-11,13,18H,1-5H3. The zero-order valence-electron chi connectivity index (χ0n) is 12.4. The molecule has 1 heterocycles. The molecule has 0 radical (unpaired) electrons. The highest BCUT2D eigenvalue weighted by Gasteiger charge is 2.18. The van der Waals surface area contributed by atoms with Crippen LogP contribution in [0.25, 0.3) is 0 Å². The predicted molar refractivity (Wildman–Crippen MR) is 86.2 cm³/mol. The van der Waals surface area contributed by atoms with E-state index in [1.54, 1.807) is 0 Å². The molecule has 0 amide bonds. The van der Waals surface area contributed by atoms with Crippen molar-refractivity contribution < 1.29 is 0 Å². The van der Waals surface area contributed by atoms with Gasteiger partial charge in [-0.15, -0.1) is 11.3 Å². The Bertz CT molecular complexity index is 548. The Morgan fingerprint density at radius 1 is 1.05 bits per heavy atom. The molecule has 2 aromatic rings. The van der Waals surface area contributed by atoms with Crippen molar-refractivity contribution in [3.8, 4) is 0 Å². The number of para-hydroxylation sites is 1. The maximum atomic E-state index is 3.66. The fourth-order valence-electron chi connectivity index (χ4n) is 2.25. The van der Waals surface area contributed by atoms with E-state index in [0.717, 1.165) is 0 Å². The highest BCUT2D eigenvalue weighted by atomic mass is 32.1. The highest BCUT2D eigenvalue weighted by molar-refractivity contribution is 7.12. The molecule has 0 spiro atoms. The van der Waals surface area contributed by atoms with Crippen molar-refractivity contribution in [3.05, 3.63) is 51.7 Å². The molecular formula is C17H23NS. The average Bonchev–Trinajstić information content (AvgIpc) is 2.75. The zero-order valence-corrected chi connectivity index (χ0v) is 13.3. The van der Waals surface area contributed by atoms with Gasteiger partial charge in [0.05, 0.1) is 6.04 Å². The Hall–Kier alpha value is -1.28. The number of hydrogen-bond donors (Lipinski definition) is 1. The van der Waals surface area contributed by atoms with Crippen LogP contribution >= 0.6 is 11.3 Å². The van der Waals surface area contributed by atoms with Gasteiger partial charge in [-0.05, 0) is 43.0 Å². The summed E-state index contributed by atoms with van der Waals surface area (Å²) in [7, 11) is 0. The van der Waals surface area contributed by atoms with Gasteiger partial charge in [0.15, 0.2) is 0 Å². The van der Waals surface area contributed by atoms with Gasteiger partial charge in [0.1, 0.15) is 0 Å². The Labute approximate surface area is 120 Å². The molecule has 19 heavy (non-hydrogen) atoms. The van der Waals surface area contributed by atoms with Gasteiger partial charge in [0, 0.05) is 15.4 Å². The van der Waals surface area contributed by atoms with E-state index in [0.29, 0.717) is 6.04 Å². The van der Waals surface area contributed by atoms with Gasteiger partial charge >= 0.3 is 0 Å². The monoisotopic (exact) mass is 273 g/mol. The molecule has 102 valence electrons. The first-order chi connectivity index (χ1) is 8.88. The van der Waals surface area contributed by atoms with Crippen LogP contribution in [0.3, 0.4) is 0 Å². The van der Waals surface area contributed by atoms with Crippen LogP contribution < -0.4 is 5.32 Å². The minimum Gasteiger partial charge on any atom is -0.377 e. The number of rotatable bonds is 3. The summed E-state index contributed by atoms with van der Waals surface area (Å²) in [6.07, 6.45) is 0. The third-order valence-electron chi connectivity index (χ3n) is 3.30. The number of benzene rings is 1. The van der Waals surface area contributed by atoms with Gasteiger partial charge in [-0.2, -0.15) is 0 Å². The van der Waals surface area contributed by atoms with Crippen molar-refractivity contribution in [2.24, 2.45) is 0 Å². The van der Waals surface area contributed by atoms with Crippen molar-refractivity contribution in [1.82, 2.24) is 0 Å². The second-order valence-corrected chi connectivity index (χ2v) is 7.43. The Morgan fingerprint density at radius 2 is 1.74 bits per heavy atom. The molecular weight excluding hydrogens is 250 g/mol. The van der Waals surface area contributed by atoms with Crippen LogP contribution in [0.1, 0.15) is 49.1 Å². The summed E-state index contributed by atoms with van der Waals surface area (Å²) in [5, 5.41) is 3.66. The molecule has 1 N–H and O–H groups in total. The summed E-state index contributed by atoms with van der Waals surface area (Å²) in [6.45, 7) is 11.2. The second-order valence-electron chi connectivity index (χ2n) is 6.11. The fourth-order valence-corrected chi connectivity index (χ4v) is 3.13. The summed E-state index contributed by atoms with van der Waals surface area (Å²) in [4.78, 5) is 2.76. The maximum absolute atomic E-state index is 3.66. The lowest BCUT2D eigenvalue weighted by atomic mass is 9.85. The van der Waals surface area contributed by atoms with Crippen LogP contribution in [0.15, 0.2) is 36.4 Å². The zero-order chi connectivity index (χ0) is 14.0. The van der Waals surface area contributed by atoms with Crippen LogP contribution in [0.4, 0.5) is 5.69 Å². The quantitative estimate of drug-likeness (QED) is 0.775. The molecule has 1 atom stereocenters. The molecule has 2 heteroatoms. The van der Waals surface area contributed by atoms with Crippen LogP contribution in [-0.2, 0) is 5.41 Å². The SMILES string of the molecule is Cc1ccc(C(C)Nc2ccccc2C(C)(C)C)s1. The topological polar surface area (TPSA) is 12.0 Å². The van der Waals surface area contributed by atoms with Crippen LogP contribution in [0.5, 0.6) is 0 Å². The van der Waals surface area contributed by atoms with E-state index in [2.05, 4.69) is 76.3 Å². The first kappa shape index (κ1) is 14.1. The highest BCUT2D eigenvalue weighted by Crippen LogP contribution is 2.32. The molecule has 0 bridgehead atoms. The van der Waals surface area contributed by atoms with E-state index in [4.69, 9.17) is 0 Å². The lowest BCUT2D eigenvalue weighted by molar-refractivity contribution is 0.591. The fraction of sp³-hybridized carbons (Fsp3) is 0.412. The third-order valence-corrected chi connectivity index (χ3v) is 4.48. The largest absolute Gasteiger partial charge is 0.377 e. The van der Waals surface area contributed by atoms with Gasteiger partial charge < -0.3 is 5.32 Å². The first-order valence-electron chi connectivity index (χ1n) is 6.80. The van der Waals surface area contributed by atoms with Crippen molar-refractivity contribution in [2.75, 3.05) is 5.32 Å². The lowest BCUT2D eigenvalue weighted by Gasteiger charge is -2.25. The van der Waals surface area contributed by atoms with Gasteiger partial charge in [-0.3, -0.25) is 0 Å². The van der Waals surface area contributed by atoms with E-state index in [1.165, 1.54) is 21.0 Å². The Kier molecular flexibility index (Phi) is 4.00. The van der Waals surface area contributed by atoms with Gasteiger partial charge in [-0.25, -0.2) is 0 Å². The van der Waals surface area contributed by atoms with Crippen molar-refractivity contribution in [2.45, 2.75) is 46.1 Å². The third kappa shape index (κ3) is 3.38. The van der Waals surface area contributed by atoms with Crippen LogP contribution in [-0.4, -0.2) is 0 Å². The van der Waals surface area contributed by atoms with Crippen molar-refractivity contribution >= 4 is 17.0 Å². The van der Waals surface area contributed by atoms with E-state index in [1.807, 2.05) is 11.3 Å². The average molecular weight is 273 g/mol. The molecule has 0 saturated carbocycles. The Morgan fingerprint density at radius 3 is 2.32 bits per heavy atom. The summed E-state index contributed by atoms with van der Waals surface area (Å²) >= 11 is 1.87. The molecule has 0 aliphatic rings. The maximum Gasteiger partial charge on any atom is 0.0578 e. The number of nitrogens with one attached hydrogen (secondary N) is 1. The smallest absolute Gasteiger partial charge is 0.0578 e. The number of hydrogen-bond acceptors (Lipinski definition) is 2. The summed E-state index contributed by atoms with van der Waals surface area (Å²) in [6, 6.07) is 13.4. The minimum absolute atomic E-state index is 0.161. The van der Waals surface area contributed by atoms with E-state index in [-0.39, 0.29) is 5.41 Å². The predicted octanol–water partition coefficient (Wildman–Crippen LogP) is 5.53. The first-order valence-corrected chi connectivity index (χ1v) is 7.62. The van der Waals surface area contributed by atoms with Crippen LogP contribution in [0.2, 0.25) is 0 Å². The normalized spacial score (nSPS) is 13.3. The minimum atomic E-state index is 0.161. The molecule has 1 unspecified atom stereocenters. The van der Waals surface area contributed by atoms with Crippen molar-refractivity contribution in [1.29, 1.82) is 0 Å². The van der Waals surface area contributed by atoms with E-state index < -0.39 is 0 Å². The van der Waals surface area contributed by atoms with Gasteiger partial charge in [-0.1, -0.05) is 39.0 Å². The van der Waals surface area contributed by atoms with E-state index >= 15 is 0 Å². The summed E-state index contributed by atoms with van der Waals surface area (Å²) < 4.78 is 0. The second kappa shape index (κ2) is 5.38. The molecule has 0 aliphatic heterocycles. The van der Waals surface area contributed by atoms with Crippen LogP contribution in [0, 0.1) is 6.92 Å². The van der Waals surface area contributed by atoms with Gasteiger partial charge in [0.25, 0.3) is 0 Å². The van der Waals surface area contributed by atoms with Gasteiger partial charge in [0.2, 0.25) is 0 Å². The number of thiophene rings is 1. The number of aryl methyl sites for hydroxylation is 1. The molecule has 2 rings (SSSR count). The number of anilines is 1.